The molecule has 1 amide bonds. The Balaban J connectivity index is 1.90. The summed E-state index contributed by atoms with van der Waals surface area (Å²) in [4.78, 5) is 36.4. The van der Waals surface area contributed by atoms with E-state index in [2.05, 4.69) is 5.32 Å². The molecular weight excluding hydrogens is 386 g/mol. The van der Waals surface area contributed by atoms with Gasteiger partial charge in [-0.2, -0.15) is 0 Å². The standard InChI is InChI=1S/C23H27NO6/c1-6-11(2)19(22(26)27)24-18(25)8-7-15-13(4)17-9-16-12(3)10-29-20(16)14(5)21(17)30-23(15)28/h9-11,19H,6-8H2,1-5H3,(H,24,25)(H,26,27). The second-order valence-corrected chi connectivity index (χ2v) is 7.94. The number of rotatable bonds is 7. The maximum absolute atomic E-state index is 12.6. The highest BCUT2D eigenvalue weighted by Gasteiger charge is 2.25. The summed E-state index contributed by atoms with van der Waals surface area (Å²) < 4.78 is 11.2. The summed E-state index contributed by atoms with van der Waals surface area (Å²) in [6.45, 7) is 9.29. The highest BCUT2D eigenvalue weighted by molar-refractivity contribution is 5.99. The van der Waals surface area contributed by atoms with Crippen molar-refractivity contribution >= 4 is 33.8 Å². The van der Waals surface area contributed by atoms with Crippen LogP contribution >= 0.6 is 0 Å². The Morgan fingerprint density at radius 3 is 2.47 bits per heavy atom. The Morgan fingerprint density at radius 2 is 1.83 bits per heavy atom. The molecule has 0 saturated carbocycles. The van der Waals surface area contributed by atoms with E-state index in [0.717, 1.165) is 27.5 Å². The minimum absolute atomic E-state index is 0.00326. The minimum Gasteiger partial charge on any atom is -0.480 e. The first-order chi connectivity index (χ1) is 14.1. The summed E-state index contributed by atoms with van der Waals surface area (Å²) in [5.41, 5.74) is 3.62. The van der Waals surface area contributed by atoms with Gasteiger partial charge in [0.15, 0.2) is 0 Å². The smallest absolute Gasteiger partial charge is 0.339 e. The van der Waals surface area contributed by atoms with Crippen molar-refractivity contribution in [2.24, 2.45) is 5.92 Å². The van der Waals surface area contributed by atoms with Crippen molar-refractivity contribution in [3.63, 3.8) is 0 Å². The predicted octanol–water partition coefficient (Wildman–Crippen LogP) is 4.01. The van der Waals surface area contributed by atoms with Crippen LogP contribution < -0.4 is 10.9 Å². The van der Waals surface area contributed by atoms with E-state index >= 15 is 0 Å². The molecule has 2 unspecified atom stereocenters. The summed E-state index contributed by atoms with van der Waals surface area (Å²) in [6.07, 6.45) is 2.48. The van der Waals surface area contributed by atoms with Crippen molar-refractivity contribution in [3.05, 3.63) is 45.0 Å². The van der Waals surface area contributed by atoms with Crippen LogP contribution in [0.2, 0.25) is 0 Å². The van der Waals surface area contributed by atoms with Gasteiger partial charge in [0, 0.05) is 28.3 Å². The Kier molecular flexibility index (Phi) is 6.01. The van der Waals surface area contributed by atoms with Gasteiger partial charge in [-0.25, -0.2) is 9.59 Å². The van der Waals surface area contributed by atoms with Gasteiger partial charge in [-0.05, 0) is 50.3 Å². The lowest BCUT2D eigenvalue weighted by atomic mass is 9.97. The van der Waals surface area contributed by atoms with Crippen molar-refractivity contribution < 1.29 is 23.5 Å². The number of hydrogen-bond acceptors (Lipinski definition) is 5. The van der Waals surface area contributed by atoms with Crippen LogP contribution in [-0.4, -0.2) is 23.0 Å². The molecule has 0 fully saturated rings. The van der Waals surface area contributed by atoms with Crippen LogP contribution in [0.5, 0.6) is 0 Å². The van der Waals surface area contributed by atoms with Crippen LogP contribution in [0.1, 0.15) is 48.9 Å². The average molecular weight is 413 g/mol. The first kappa shape index (κ1) is 21.6. The van der Waals surface area contributed by atoms with E-state index in [0.29, 0.717) is 23.2 Å². The molecule has 3 rings (SSSR count). The van der Waals surface area contributed by atoms with Crippen molar-refractivity contribution in [3.8, 4) is 0 Å². The molecule has 1 aromatic carbocycles. The normalized spacial score (nSPS) is 13.5. The van der Waals surface area contributed by atoms with Gasteiger partial charge in [-0.1, -0.05) is 20.3 Å². The van der Waals surface area contributed by atoms with Gasteiger partial charge in [0.05, 0.1) is 6.26 Å². The number of carbonyl (C=O) groups excluding carboxylic acids is 1. The van der Waals surface area contributed by atoms with Gasteiger partial charge < -0.3 is 19.3 Å². The number of carboxylic acids is 1. The summed E-state index contributed by atoms with van der Waals surface area (Å²) in [5, 5.41) is 13.7. The minimum atomic E-state index is -1.06. The van der Waals surface area contributed by atoms with E-state index in [1.807, 2.05) is 33.8 Å². The molecule has 0 radical (unpaired) electrons. The fourth-order valence-electron chi connectivity index (χ4n) is 3.77. The van der Waals surface area contributed by atoms with Gasteiger partial charge in [-0.15, -0.1) is 0 Å². The van der Waals surface area contributed by atoms with Crippen LogP contribution in [0.25, 0.3) is 21.9 Å². The molecule has 2 heterocycles. The Morgan fingerprint density at radius 1 is 1.13 bits per heavy atom. The van der Waals surface area contributed by atoms with Crippen molar-refractivity contribution in [1.82, 2.24) is 5.32 Å². The Bertz CT molecular complexity index is 1190. The number of carboxylic acid groups (broad SMARTS) is 1. The second kappa shape index (κ2) is 8.34. The summed E-state index contributed by atoms with van der Waals surface area (Å²) >= 11 is 0. The summed E-state index contributed by atoms with van der Waals surface area (Å²) in [6, 6.07) is 0.999. The second-order valence-electron chi connectivity index (χ2n) is 7.94. The molecule has 0 bridgehead atoms. The third kappa shape index (κ3) is 3.84. The third-order valence-corrected chi connectivity index (χ3v) is 5.93. The monoisotopic (exact) mass is 413 g/mol. The number of aliphatic carboxylic acids is 1. The molecule has 7 heteroatoms. The number of benzene rings is 1. The van der Waals surface area contributed by atoms with E-state index in [1.165, 1.54) is 0 Å². The third-order valence-electron chi connectivity index (χ3n) is 5.93. The molecule has 30 heavy (non-hydrogen) atoms. The van der Waals surface area contributed by atoms with Crippen LogP contribution in [0.3, 0.4) is 0 Å². The lowest BCUT2D eigenvalue weighted by molar-refractivity contribution is -0.143. The van der Waals surface area contributed by atoms with E-state index in [4.69, 9.17) is 8.83 Å². The fraction of sp³-hybridized carbons (Fsp3) is 0.435. The topological polar surface area (TPSA) is 110 Å². The number of hydrogen-bond donors (Lipinski definition) is 2. The molecule has 3 aromatic rings. The van der Waals surface area contributed by atoms with Crippen molar-refractivity contribution in [1.29, 1.82) is 0 Å². The highest BCUT2D eigenvalue weighted by atomic mass is 16.4. The molecule has 2 aromatic heterocycles. The molecule has 0 aliphatic carbocycles. The number of amides is 1. The van der Waals surface area contributed by atoms with E-state index in [9.17, 15) is 19.5 Å². The van der Waals surface area contributed by atoms with Gasteiger partial charge in [0.25, 0.3) is 0 Å². The molecule has 0 spiro atoms. The molecule has 2 N–H and O–H groups in total. The molecular formula is C23H27NO6. The number of carbonyl (C=O) groups is 2. The number of furan rings is 1. The molecule has 160 valence electrons. The number of aryl methyl sites for hydroxylation is 3. The van der Waals surface area contributed by atoms with Gasteiger partial charge in [0.1, 0.15) is 17.2 Å². The van der Waals surface area contributed by atoms with E-state index in [1.54, 1.807) is 13.2 Å². The fourth-order valence-corrected chi connectivity index (χ4v) is 3.77. The molecule has 7 nitrogen and oxygen atoms in total. The summed E-state index contributed by atoms with van der Waals surface area (Å²) in [7, 11) is 0. The first-order valence-corrected chi connectivity index (χ1v) is 10.1. The van der Waals surface area contributed by atoms with E-state index in [-0.39, 0.29) is 18.8 Å². The van der Waals surface area contributed by atoms with Crippen LogP contribution in [0, 0.1) is 26.7 Å². The molecule has 0 saturated heterocycles. The average Bonchev–Trinajstić information content (AvgIpc) is 3.07. The van der Waals surface area contributed by atoms with Gasteiger partial charge in [-0.3, -0.25) is 4.79 Å². The molecule has 0 aliphatic heterocycles. The van der Waals surface area contributed by atoms with Gasteiger partial charge >= 0.3 is 11.6 Å². The SMILES string of the molecule is CCC(C)C(NC(=O)CCc1c(C)c2cc3c(C)coc3c(C)c2oc1=O)C(=O)O. The van der Waals surface area contributed by atoms with Crippen LogP contribution in [0.15, 0.2) is 26.0 Å². The predicted molar refractivity (Wildman–Crippen MR) is 114 cm³/mol. The van der Waals surface area contributed by atoms with Crippen LogP contribution in [0.4, 0.5) is 0 Å². The zero-order valence-corrected chi connectivity index (χ0v) is 17.9. The van der Waals surface area contributed by atoms with E-state index < -0.39 is 23.5 Å². The lowest BCUT2D eigenvalue weighted by Gasteiger charge is -2.20. The lowest BCUT2D eigenvalue weighted by Crippen LogP contribution is -2.45. The zero-order valence-electron chi connectivity index (χ0n) is 17.9. The van der Waals surface area contributed by atoms with Gasteiger partial charge in [0.2, 0.25) is 5.91 Å². The maximum atomic E-state index is 12.6. The first-order valence-electron chi connectivity index (χ1n) is 10.1. The summed E-state index contributed by atoms with van der Waals surface area (Å²) in [5.74, 6) is -1.66. The number of nitrogens with one attached hydrogen (secondary N) is 1. The molecule has 2 atom stereocenters. The van der Waals surface area contributed by atoms with Crippen LogP contribution in [-0.2, 0) is 16.0 Å². The molecule has 0 aliphatic rings. The Hall–Kier alpha value is -3.09. The quantitative estimate of drug-likeness (QED) is 0.566. The Labute approximate surface area is 174 Å². The highest BCUT2D eigenvalue weighted by Crippen LogP contribution is 2.32. The maximum Gasteiger partial charge on any atom is 0.339 e. The van der Waals surface area contributed by atoms with Crippen molar-refractivity contribution in [2.45, 2.75) is 59.9 Å². The number of fused-ring (bicyclic) bond motifs is 2. The largest absolute Gasteiger partial charge is 0.480 e. The zero-order chi connectivity index (χ0) is 22.2. The van der Waals surface area contributed by atoms with Crippen molar-refractivity contribution in [2.75, 3.05) is 0 Å².